The smallest absolute Gasteiger partial charge is 0.233 e. The Balaban J connectivity index is 1.29. The first-order chi connectivity index (χ1) is 12.1. The van der Waals surface area contributed by atoms with Gasteiger partial charge < -0.3 is 10.2 Å². The van der Waals surface area contributed by atoms with Gasteiger partial charge in [0.05, 0.1) is 11.8 Å². The van der Waals surface area contributed by atoms with Gasteiger partial charge in [-0.3, -0.25) is 19.3 Å². The molecule has 3 saturated heterocycles. The number of rotatable bonds is 3. The van der Waals surface area contributed by atoms with Crippen molar-refractivity contribution in [3.05, 3.63) is 0 Å². The van der Waals surface area contributed by atoms with Crippen molar-refractivity contribution in [2.24, 2.45) is 17.3 Å². The number of carbonyl (C=O) groups is 3. The van der Waals surface area contributed by atoms with Gasteiger partial charge in [-0.2, -0.15) is 0 Å². The summed E-state index contributed by atoms with van der Waals surface area (Å²) in [5.41, 5.74) is 0.396. The van der Waals surface area contributed by atoms with E-state index in [1.807, 2.05) is 4.90 Å². The summed E-state index contributed by atoms with van der Waals surface area (Å²) >= 11 is 0. The molecule has 1 aliphatic carbocycles. The van der Waals surface area contributed by atoms with Crippen LogP contribution in [0, 0.1) is 17.3 Å². The first-order valence-corrected chi connectivity index (χ1v) is 9.93. The van der Waals surface area contributed by atoms with Gasteiger partial charge in [-0.1, -0.05) is 12.8 Å². The van der Waals surface area contributed by atoms with Crippen LogP contribution in [0.15, 0.2) is 0 Å². The molecule has 0 aromatic carbocycles. The molecule has 2 unspecified atom stereocenters. The average molecular weight is 347 g/mol. The lowest BCUT2D eigenvalue weighted by Gasteiger charge is -2.39. The van der Waals surface area contributed by atoms with Gasteiger partial charge in [0, 0.05) is 32.6 Å². The average Bonchev–Trinajstić information content (AvgIpc) is 3.18. The molecule has 6 heteroatoms. The summed E-state index contributed by atoms with van der Waals surface area (Å²) in [5.74, 6) is -0.187. The number of piperidine rings is 1. The summed E-state index contributed by atoms with van der Waals surface area (Å²) in [5, 5.41) is 3.44. The summed E-state index contributed by atoms with van der Waals surface area (Å²) in [6.07, 6.45) is 7.38. The van der Waals surface area contributed by atoms with Crippen molar-refractivity contribution < 1.29 is 14.4 Å². The molecule has 4 aliphatic rings. The highest BCUT2D eigenvalue weighted by atomic mass is 16.2. The molecule has 0 bridgehead atoms. The van der Waals surface area contributed by atoms with E-state index in [0.717, 1.165) is 64.7 Å². The van der Waals surface area contributed by atoms with Gasteiger partial charge >= 0.3 is 0 Å². The Kier molecular flexibility index (Phi) is 4.56. The van der Waals surface area contributed by atoms with E-state index < -0.39 is 0 Å². The number of likely N-dealkylation sites (tertiary alicyclic amines) is 2. The van der Waals surface area contributed by atoms with Gasteiger partial charge in [0.15, 0.2) is 0 Å². The molecule has 1 spiro atoms. The molecule has 138 valence electrons. The molecule has 0 aromatic rings. The van der Waals surface area contributed by atoms with Crippen molar-refractivity contribution in [3.63, 3.8) is 0 Å². The van der Waals surface area contributed by atoms with Crippen molar-refractivity contribution in [2.45, 2.75) is 51.4 Å². The zero-order valence-electron chi connectivity index (χ0n) is 15.0. The highest BCUT2D eigenvalue weighted by Gasteiger charge is 2.48. The van der Waals surface area contributed by atoms with Crippen LogP contribution in [0.25, 0.3) is 0 Å². The maximum atomic E-state index is 12.5. The van der Waals surface area contributed by atoms with Crippen molar-refractivity contribution >= 4 is 17.7 Å². The van der Waals surface area contributed by atoms with Crippen molar-refractivity contribution in [1.29, 1.82) is 0 Å². The monoisotopic (exact) mass is 347 g/mol. The predicted molar refractivity (Wildman–Crippen MR) is 92.5 cm³/mol. The summed E-state index contributed by atoms with van der Waals surface area (Å²) in [6, 6.07) is 0. The molecule has 1 N–H and O–H groups in total. The number of fused-ring (bicyclic) bond motifs is 1. The van der Waals surface area contributed by atoms with E-state index in [2.05, 4.69) is 5.32 Å². The molecule has 4 rings (SSSR count). The maximum Gasteiger partial charge on any atom is 0.233 e. The number of imide groups is 1. The topological polar surface area (TPSA) is 69.7 Å². The third-order valence-electron chi connectivity index (χ3n) is 6.99. The summed E-state index contributed by atoms with van der Waals surface area (Å²) in [6.45, 7) is 4.07. The van der Waals surface area contributed by atoms with Gasteiger partial charge in [0.1, 0.15) is 0 Å². The van der Waals surface area contributed by atoms with E-state index in [1.54, 1.807) is 0 Å². The Morgan fingerprint density at radius 2 is 1.68 bits per heavy atom. The predicted octanol–water partition coefficient (Wildman–Crippen LogP) is 1.15. The number of hydrogen-bond donors (Lipinski definition) is 1. The molecule has 4 fully saturated rings. The SMILES string of the molecule is O=C(CCN1C(=O)C2CCCCC2C1=O)N1CCC2(CCNC2)CC1. The highest BCUT2D eigenvalue weighted by molar-refractivity contribution is 6.05. The van der Waals surface area contributed by atoms with E-state index in [0.29, 0.717) is 5.41 Å². The minimum Gasteiger partial charge on any atom is -0.343 e. The normalized spacial score (nSPS) is 31.7. The largest absolute Gasteiger partial charge is 0.343 e. The van der Waals surface area contributed by atoms with Gasteiger partial charge in [0.2, 0.25) is 17.7 Å². The quantitative estimate of drug-likeness (QED) is 0.778. The molecular formula is C19H29N3O3. The van der Waals surface area contributed by atoms with Crippen LogP contribution in [-0.4, -0.2) is 60.2 Å². The number of amides is 3. The van der Waals surface area contributed by atoms with Crippen LogP contribution in [0.2, 0.25) is 0 Å². The lowest BCUT2D eigenvalue weighted by Crippen LogP contribution is -2.45. The van der Waals surface area contributed by atoms with E-state index >= 15 is 0 Å². The van der Waals surface area contributed by atoms with E-state index in [1.165, 1.54) is 11.3 Å². The molecule has 1 saturated carbocycles. The second-order valence-corrected chi connectivity index (χ2v) is 8.38. The molecule has 2 atom stereocenters. The van der Waals surface area contributed by atoms with Crippen molar-refractivity contribution in [1.82, 2.24) is 15.1 Å². The number of nitrogens with one attached hydrogen (secondary N) is 1. The summed E-state index contributed by atoms with van der Waals surface area (Å²) in [4.78, 5) is 40.8. The van der Waals surface area contributed by atoms with Gasteiger partial charge in [-0.05, 0) is 44.1 Å². The number of nitrogens with zero attached hydrogens (tertiary/aromatic N) is 2. The van der Waals surface area contributed by atoms with Crippen LogP contribution >= 0.6 is 0 Å². The Bertz CT molecular complexity index is 536. The lowest BCUT2D eigenvalue weighted by atomic mass is 9.78. The van der Waals surface area contributed by atoms with Gasteiger partial charge in [0.25, 0.3) is 0 Å². The first-order valence-electron chi connectivity index (χ1n) is 9.93. The highest BCUT2D eigenvalue weighted by Crippen LogP contribution is 2.39. The molecule has 0 aromatic heterocycles. The molecule has 3 heterocycles. The molecular weight excluding hydrogens is 318 g/mol. The number of carbonyl (C=O) groups excluding carboxylic acids is 3. The van der Waals surface area contributed by atoms with Gasteiger partial charge in [-0.15, -0.1) is 0 Å². The van der Waals surface area contributed by atoms with Crippen LogP contribution in [0.4, 0.5) is 0 Å². The third kappa shape index (κ3) is 3.09. The zero-order valence-corrected chi connectivity index (χ0v) is 15.0. The fourth-order valence-corrected chi connectivity index (χ4v) is 5.27. The second-order valence-electron chi connectivity index (χ2n) is 8.38. The number of hydrogen-bond acceptors (Lipinski definition) is 4. The summed E-state index contributed by atoms with van der Waals surface area (Å²) in [7, 11) is 0. The minimum atomic E-state index is -0.110. The Hall–Kier alpha value is -1.43. The fourth-order valence-electron chi connectivity index (χ4n) is 5.27. The second kappa shape index (κ2) is 6.71. The molecule has 25 heavy (non-hydrogen) atoms. The standard InChI is InChI=1S/C19H29N3O3/c23-16(21-11-7-19(8-12-21)6-9-20-13-19)5-10-22-17(24)14-3-1-2-4-15(14)18(22)25/h14-15,20H,1-13H2. The minimum absolute atomic E-state index is 0.0304. The first kappa shape index (κ1) is 17.0. The molecule has 3 aliphatic heterocycles. The molecule has 6 nitrogen and oxygen atoms in total. The van der Waals surface area contributed by atoms with Crippen LogP contribution in [0.1, 0.15) is 51.4 Å². The van der Waals surface area contributed by atoms with E-state index in [-0.39, 0.29) is 42.5 Å². The molecule has 3 amide bonds. The Labute approximate surface area is 149 Å². The lowest BCUT2D eigenvalue weighted by molar-refractivity contribution is -0.141. The van der Waals surface area contributed by atoms with Crippen LogP contribution in [0.3, 0.4) is 0 Å². The zero-order chi connectivity index (χ0) is 17.4. The fraction of sp³-hybridized carbons (Fsp3) is 0.842. The third-order valence-corrected chi connectivity index (χ3v) is 6.99. The van der Waals surface area contributed by atoms with Gasteiger partial charge in [-0.25, -0.2) is 0 Å². The van der Waals surface area contributed by atoms with Crippen LogP contribution in [0.5, 0.6) is 0 Å². The maximum absolute atomic E-state index is 12.5. The molecule has 0 radical (unpaired) electrons. The Morgan fingerprint density at radius 1 is 1.04 bits per heavy atom. The van der Waals surface area contributed by atoms with Crippen LogP contribution < -0.4 is 5.32 Å². The van der Waals surface area contributed by atoms with Crippen molar-refractivity contribution in [2.75, 3.05) is 32.7 Å². The summed E-state index contributed by atoms with van der Waals surface area (Å²) < 4.78 is 0. The van der Waals surface area contributed by atoms with E-state index in [9.17, 15) is 14.4 Å². The van der Waals surface area contributed by atoms with Crippen LogP contribution in [-0.2, 0) is 14.4 Å². The van der Waals surface area contributed by atoms with Crippen molar-refractivity contribution in [3.8, 4) is 0 Å². The Morgan fingerprint density at radius 3 is 2.24 bits per heavy atom. The van der Waals surface area contributed by atoms with E-state index in [4.69, 9.17) is 0 Å².